The monoisotopic (exact) mass is 244 g/mol. The molecule has 0 aliphatic heterocycles. The molecule has 0 saturated heterocycles. The van der Waals surface area contributed by atoms with Gasteiger partial charge in [0.15, 0.2) is 0 Å². The number of unbranched alkanes of at least 4 members (excludes halogenated alkanes) is 1. The van der Waals surface area contributed by atoms with Crippen molar-refractivity contribution in [2.45, 2.75) is 26.3 Å². The quantitative estimate of drug-likeness (QED) is 0.725. The molecule has 0 saturated carbocycles. The molecular weight excluding hydrogens is 231 g/mol. The normalized spacial score (nSPS) is 10.6. The van der Waals surface area contributed by atoms with Gasteiger partial charge in [-0.15, -0.1) is 5.10 Å². The lowest BCUT2D eigenvalue weighted by atomic mass is 9.78. The summed E-state index contributed by atoms with van der Waals surface area (Å²) >= 11 is 0. The number of hydrogen-bond acceptors (Lipinski definition) is 5. The van der Waals surface area contributed by atoms with E-state index in [4.69, 9.17) is 5.26 Å². The van der Waals surface area contributed by atoms with Gasteiger partial charge in [0, 0.05) is 12.0 Å². The smallest absolute Gasteiger partial charge is 0.423 e. The molecule has 0 atom stereocenters. The third-order valence-electron chi connectivity index (χ3n) is 2.77. The van der Waals surface area contributed by atoms with E-state index in [-0.39, 0.29) is 5.46 Å². The van der Waals surface area contributed by atoms with Crippen molar-refractivity contribution in [3.05, 3.63) is 17.7 Å². The minimum absolute atomic E-state index is 0.269. The number of nitrogens with zero attached hydrogens (tertiary/aromatic N) is 4. The van der Waals surface area contributed by atoms with E-state index in [0.717, 1.165) is 12.8 Å². The SMILES string of the molecule is CCCCn1nnc2cc(C#N)cc(B(O)O)c21. The lowest BCUT2D eigenvalue weighted by Gasteiger charge is -2.06. The van der Waals surface area contributed by atoms with Crippen molar-refractivity contribution in [2.24, 2.45) is 0 Å². The summed E-state index contributed by atoms with van der Waals surface area (Å²) in [7, 11) is -1.64. The van der Waals surface area contributed by atoms with Crippen LogP contribution in [0, 0.1) is 11.3 Å². The molecule has 1 aromatic heterocycles. The number of benzene rings is 1. The third-order valence-corrected chi connectivity index (χ3v) is 2.77. The van der Waals surface area contributed by atoms with Crippen molar-refractivity contribution in [1.29, 1.82) is 5.26 Å². The molecule has 0 amide bonds. The highest BCUT2D eigenvalue weighted by Gasteiger charge is 2.20. The van der Waals surface area contributed by atoms with Gasteiger partial charge in [-0.2, -0.15) is 5.26 Å². The average Bonchev–Trinajstić information content (AvgIpc) is 2.77. The van der Waals surface area contributed by atoms with Gasteiger partial charge in [-0.3, -0.25) is 0 Å². The maximum atomic E-state index is 9.39. The highest BCUT2D eigenvalue weighted by Crippen LogP contribution is 2.12. The van der Waals surface area contributed by atoms with Crippen molar-refractivity contribution >= 4 is 23.6 Å². The van der Waals surface area contributed by atoms with Gasteiger partial charge in [-0.1, -0.05) is 18.6 Å². The molecule has 0 fully saturated rings. The Balaban J connectivity index is 2.60. The van der Waals surface area contributed by atoms with Gasteiger partial charge in [0.05, 0.1) is 17.1 Å². The number of aryl methyl sites for hydroxylation is 1. The summed E-state index contributed by atoms with van der Waals surface area (Å²) in [6, 6.07) is 5.02. The van der Waals surface area contributed by atoms with Gasteiger partial charge < -0.3 is 10.0 Å². The second kappa shape index (κ2) is 5.17. The lowest BCUT2D eigenvalue weighted by molar-refractivity contribution is 0.426. The number of rotatable bonds is 4. The fraction of sp³-hybridized carbons (Fsp3) is 0.364. The molecule has 2 rings (SSSR count). The molecule has 1 heterocycles. The number of nitriles is 1. The molecule has 2 N–H and O–H groups in total. The van der Waals surface area contributed by atoms with E-state index < -0.39 is 7.12 Å². The maximum Gasteiger partial charge on any atom is 0.490 e. The molecule has 0 spiro atoms. The standard InChI is InChI=1S/C11H13BN4O2/c1-2-3-4-16-11-9(12(17)18)5-8(7-13)6-10(11)14-15-16/h5-6,17-18H,2-4H2,1H3. The van der Waals surface area contributed by atoms with Gasteiger partial charge >= 0.3 is 7.12 Å². The third kappa shape index (κ3) is 2.21. The summed E-state index contributed by atoms with van der Waals surface area (Å²) in [5.41, 5.74) is 1.70. The Morgan fingerprint density at radius 1 is 1.44 bits per heavy atom. The second-order valence-corrected chi connectivity index (χ2v) is 4.08. The van der Waals surface area contributed by atoms with Crippen molar-refractivity contribution < 1.29 is 10.0 Å². The minimum atomic E-state index is -1.64. The summed E-state index contributed by atoms with van der Waals surface area (Å²) < 4.78 is 1.65. The first-order valence-corrected chi connectivity index (χ1v) is 5.80. The van der Waals surface area contributed by atoms with Crippen LogP contribution in [0.1, 0.15) is 25.3 Å². The zero-order chi connectivity index (χ0) is 13.1. The van der Waals surface area contributed by atoms with E-state index in [0.29, 0.717) is 23.1 Å². The Morgan fingerprint density at radius 2 is 2.22 bits per heavy atom. The van der Waals surface area contributed by atoms with Crippen LogP contribution in [0.3, 0.4) is 0 Å². The van der Waals surface area contributed by atoms with Crippen LogP contribution in [0.2, 0.25) is 0 Å². The zero-order valence-electron chi connectivity index (χ0n) is 10.0. The predicted octanol–water partition coefficient (Wildman–Crippen LogP) is -0.217. The van der Waals surface area contributed by atoms with Crippen LogP contribution >= 0.6 is 0 Å². The van der Waals surface area contributed by atoms with Crippen LogP contribution in [0.5, 0.6) is 0 Å². The van der Waals surface area contributed by atoms with Gasteiger partial charge in [0.1, 0.15) is 5.52 Å². The van der Waals surface area contributed by atoms with Crippen molar-refractivity contribution in [3.8, 4) is 6.07 Å². The molecule has 0 radical (unpaired) electrons. The second-order valence-electron chi connectivity index (χ2n) is 4.08. The lowest BCUT2D eigenvalue weighted by Crippen LogP contribution is -2.32. The fourth-order valence-corrected chi connectivity index (χ4v) is 1.87. The Hall–Kier alpha value is -1.91. The van der Waals surface area contributed by atoms with Crippen LogP contribution in [0.4, 0.5) is 0 Å². The van der Waals surface area contributed by atoms with Crippen molar-refractivity contribution in [2.75, 3.05) is 0 Å². The number of hydrogen-bond donors (Lipinski definition) is 2. The molecule has 1 aromatic carbocycles. The molecule has 0 aliphatic carbocycles. The van der Waals surface area contributed by atoms with Gasteiger partial charge in [0.25, 0.3) is 0 Å². The van der Waals surface area contributed by atoms with Gasteiger partial charge in [-0.25, -0.2) is 4.68 Å². The van der Waals surface area contributed by atoms with E-state index in [1.54, 1.807) is 10.7 Å². The highest BCUT2D eigenvalue weighted by molar-refractivity contribution is 6.61. The fourth-order valence-electron chi connectivity index (χ4n) is 1.87. The maximum absolute atomic E-state index is 9.39. The van der Waals surface area contributed by atoms with Gasteiger partial charge in [-0.05, 0) is 18.6 Å². The van der Waals surface area contributed by atoms with Gasteiger partial charge in [0.2, 0.25) is 0 Å². The van der Waals surface area contributed by atoms with E-state index in [1.807, 2.05) is 6.07 Å². The molecule has 7 heteroatoms. The molecule has 18 heavy (non-hydrogen) atoms. The Bertz CT molecular complexity index is 603. The highest BCUT2D eigenvalue weighted by atomic mass is 16.4. The molecule has 2 aromatic rings. The van der Waals surface area contributed by atoms with Crippen molar-refractivity contribution in [1.82, 2.24) is 15.0 Å². The molecule has 0 aliphatic rings. The van der Waals surface area contributed by atoms with E-state index in [1.165, 1.54) is 6.07 Å². The average molecular weight is 244 g/mol. The van der Waals surface area contributed by atoms with Crippen LogP contribution in [-0.4, -0.2) is 32.2 Å². The summed E-state index contributed by atoms with van der Waals surface area (Å²) in [6.07, 6.45) is 1.94. The van der Waals surface area contributed by atoms with Crippen LogP contribution in [-0.2, 0) is 6.54 Å². The molecule has 6 nitrogen and oxygen atoms in total. The molecular formula is C11H13BN4O2. The van der Waals surface area contributed by atoms with Crippen LogP contribution in [0.15, 0.2) is 12.1 Å². The zero-order valence-corrected chi connectivity index (χ0v) is 10.0. The van der Waals surface area contributed by atoms with Crippen molar-refractivity contribution in [3.63, 3.8) is 0 Å². The Kier molecular flexibility index (Phi) is 3.60. The van der Waals surface area contributed by atoms with Crippen LogP contribution in [0.25, 0.3) is 11.0 Å². The topological polar surface area (TPSA) is 95.0 Å². The number of fused-ring (bicyclic) bond motifs is 1. The predicted molar refractivity (Wildman–Crippen MR) is 67.0 cm³/mol. The summed E-state index contributed by atoms with van der Waals surface area (Å²) in [5.74, 6) is 0. The first-order valence-electron chi connectivity index (χ1n) is 5.80. The summed E-state index contributed by atoms with van der Waals surface area (Å²) in [5, 5.41) is 35.6. The summed E-state index contributed by atoms with van der Waals surface area (Å²) in [6.45, 7) is 2.73. The molecule has 0 bridgehead atoms. The summed E-state index contributed by atoms with van der Waals surface area (Å²) in [4.78, 5) is 0. The molecule has 0 unspecified atom stereocenters. The Labute approximate surface area is 105 Å². The first kappa shape index (κ1) is 12.5. The minimum Gasteiger partial charge on any atom is -0.423 e. The van der Waals surface area contributed by atoms with E-state index >= 15 is 0 Å². The van der Waals surface area contributed by atoms with Crippen LogP contribution < -0.4 is 5.46 Å². The first-order chi connectivity index (χ1) is 8.67. The largest absolute Gasteiger partial charge is 0.490 e. The van der Waals surface area contributed by atoms with E-state index in [2.05, 4.69) is 17.2 Å². The van der Waals surface area contributed by atoms with E-state index in [9.17, 15) is 10.0 Å². The molecule has 92 valence electrons. The number of aromatic nitrogens is 3. The Morgan fingerprint density at radius 3 is 2.83 bits per heavy atom.